The van der Waals surface area contributed by atoms with E-state index in [1.54, 1.807) is 0 Å². The molecule has 0 fully saturated rings. The summed E-state index contributed by atoms with van der Waals surface area (Å²) < 4.78 is 5.44. The molecule has 0 aliphatic heterocycles. The Kier molecular flexibility index (Phi) is 6.86. The number of benzene rings is 11. The van der Waals surface area contributed by atoms with Gasteiger partial charge in [-0.25, -0.2) is 0 Å². The first-order valence-electron chi connectivity index (χ1n) is 19.9. The van der Waals surface area contributed by atoms with Crippen LogP contribution in [0, 0.1) is 0 Å². The summed E-state index contributed by atoms with van der Waals surface area (Å²) in [4.78, 5) is 0. The van der Waals surface area contributed by atoms with Crippen molar-refractivity contribution in [3.8, 4) is 33.4 Å². The molecule has 0 aliphatic carbocycles. The maximum absolute atomic E-state index is 2.42. The molecule has 0 aliphatic rings. The van der Waals surface area contributed by atoms with Gasteiger partial charge in [0.1, 0.15) is 0 Å². The van der Waals surface area contributed by atoms with E-state index in [4.69, 9.17) is 0 Å². The van der Waals surface area contributed by atoms with Crippen LogP contribution in [0.3, 0.4) is 0 Å². The van der Waals surface area contributed by atoms with Crippen LogP contribution in [0.15, 0.2) is 194 Å². The first-order valence-corrected chi connectivity index (χ1v) is 21.5. The largest absolute Gasteiger partial charge is 0.135 e. The Bertz CT molecular complexity index is 3800. The lowest BCUT2D eigenvalue weighted by Crippen LogP contribution is -1.91. The van der Waals surface area contributed by atoms with Crippen molar-refractivity contribution in [2.24, 2.45) is 0 Å². The van der Waals surface area contributed by atoms with Gasteiger partial charge in [-0.1, -0.05) is 152 Å². The maximum atomic E-state index is 2.42. The van der Waals surface area contributed by atoms with Crippen molar-refractivity contribution in [2.75, 3.05) is 0 Å². The monoisotopic (exact) mass is 768 g/mol. The van der Waals surface area contributed by atoms with Crippen molar-refractivity contribution >= 4 is 117 Å². The van der Waals surface area contributed by atoms with Crippen LogP contribution in [0.25, 0.3) is 128 Å². The zero-order chi connectivity index (χ0) is 37.9. The highest BCUT2D eigenvalue weighted by molar-refractivity contribution is 7.28. The van der Waals surface area contributed by atoms with E-state index >= 15 is 0 Å². The molecule has 0 amide bonds. The van der Waals surface area contributed by atoms with Gasteiger partial charge < -0.3 is 0 Å². The van der Waals surface area contributed by atoms with Gasteiger partial charge in [0, 0.05) is 45.7 Å². The highest BCUT2D eigenvalue weighted by Gasteiger charge is 2.18. The highest BCUT2D eigenvalue weighted by atomic mass is 32.1. The number of thiophene rings is 2. The summed E-state index contributed by atoms with van der Waals surface area (Å²) in [7, 11) is 0. The Morgan fingerprint density at radius 1 is 0.241 bits per heavy atom. The third-order valence-electron chi connectivity index (χ3n) is 12.4. The van der Waals surface area contributed by atoms with Crippen LogP contribution in [-0.2, 0) is 0 Å². The Morgan fingerprint density at radius 2 is 0.690 bits per heavy atom. The summed E-state index contributed by atoms with van der Waals surface area (Å²) in [5, 5.41) is 18.2. The minimum atomic E-state index is 1.24. The van der Waals surface area contributed by atoms with Crippen molar-refractivity contribution in [3.63, 3.8) is 0 Å². The molecule has 13 rings (SSSR count). The number of hydrogen-bond donors (Lipinski definition) is 0. The van der Waals surface area contributed by atoms with Crippen LogP contribution in [0.1, 0.15) is 0 Å². The molecular weight excluding hydrogens is 737 g/mol. The van der Waals surface area contributed by atoms with Crippen molar-refractivity contribution in [1.29, 1.82) is 0 Å². The van der Waals surface area contributed by atoms with Crippen LogP contribution < -0.4 is 0 Å². The van der Waals surface area contributed by atoms with E-state index in [2.05, 4.69) is 194 Å². The summed E-state index contributed by atoms with van der Waals surface area (Å²) in [6.07, 6.45) is 0. The highest BCUT2D eigenvalue weighted by Crippen LogP contribution is 2.48. The van der Waals surface area contributed by atoms with Gasteiger partial charge in [0.05, 0.1) is 0 Å². The van der Waals surface area contributed by atoms with E-state index in [9.17, 15) is 0 Å². The Hall–Kier alpha value is -6.84. The predicted molar refractivity (Wildman–Crippen MR) is 256 cm³/mol. The molecule has 0 spiro atoms. The standard InChI is InChI=1S/C56H32S2/c1-2-10-35-30-40(23-17-33(35)9-1)52-42-11-3-5-13-44(42)53(45-14-6-4-12-43(45)52)41-24-22-36-29-37(20-21-38(36)31-41)39-19-18-34-25-26-47-55-51(58-56(47)48(34)32-39)28-27-50-54(55)46-15-7-8-16-49(46)57-50/h1-32H. The lowest BCUT2D eigenvalue weighted by atomic mass is 9.85. The first-order chi connectivity index (χ1) is 28.7. The summed E-state index contributed by atoms with van der Waals surface area (Å²) in [5.41, 5.74) is 7.55. The first kappa shape index (κ1) is 32.3. The molecule has 0 N–H and O–H groups in total. The van der Waals surface area contributed by atoms with Crippen LogP contribution in [0.2, 0.25) is 0 Å². The second kappa shape index (κ2) is 12.3. The molecular formula is C56H32S2. The van der Waals surface area contributed by atoms with Crippen molar-refractivity contribution < 1.29 is 0 Å². The molecule has 11 aromatic carbocycles. The van der Waals surface area contributed by atoms with Gasteiger partial charge in [-0.15, -0.1) is 22.7 Å². The zero-order valence-electron chi connectivity index (χ0n) is 31.3. The minimum Gasteiger partial charge on any atom is -0.135 e. The van der Waals surface area contributed by atoms with Gasteiger partial charge >= 0.3 is 0 Å². The average Bonchev–Trinajstić information content (AvgIpc) is 3.86. The molecule has 0 saturated carbocycles. The number of rotatable bonds is 3. The molecule has 2 heteroatoms. The fraction of sp³-hybridized carbons (Fsp3) is 0. The van der Waals surface area contributed by atoms with Crippen LogP contribution in [0.5, 0.6) is 0 Å². The summed E-state index contributed by atoms with van der Waals surface area (Å²) >= 11 is 3.83. The lowest BCUT2D eigenvalue weighted by molar-refractivity contribution is 1.67. The third kappa shape index (κ3) is 4.74. The molecule has 0 saturated heterocycles. The minimum absolute atomic E-state index is 1.24. The molecule has 0 atom stereocenters. The molecule has 268 valence electrons. The van der Waals surface area contributed by atoms with Gasteiger partial charge in [-0.3, -0.25) is 0 Å². The smallest absolute Gasteiger partial charge is 0.0434 e. The topological polar surface area (TPSA) is 0 Å². The third-order valence-corrected chi connectivity index (χ3v) is 14.7. The van der Waals surface area contributed by atoms with Gasteiger partial charge in [0.15, 0.2) is 0 Å². The van der Waals surface area contributed by atoms with Crippen LogP contribution in [-0.4, -0.2) is 0 Å². The molecule has 0 nitrogen and oxygen atoms in total. The van der Waals surface area contributed by atoms with Gasteiger partial charge in [0.2, 0.25) is 0 Å². The number of fused-ring (bicyclic) bond motifs is 13. The Balaban J connectivity index is 0.946. The molecule has 58 heavy (non-hydrogen) atoms. The van der Waals surface area contributed by atoms with Crippen molar-refractivity contribution in [1.82, 2.24) is 0 Å². The second-order valence-corrected chi connectivity index (χ2v) is 17.7. The van der Waals surface area contributed by atoms with Crippen molar-refractivity contribution in [3.05, 3.63) is 194 Å². The average molecular weight is 769 g/mol. The van der Waals surface area contributed by atoms with E-state index < -0.39 is 0 Å². The molecule has 0 unspecified atom stereocenters. The van der Waals surface area contributed by atoms with Crippen molar-refractivity contribution in [2.45, 2.75) is 0 Å². The summed E-state index contributed by atoms with van der Waals surface area (Å²) in [6, 6.07) is 72.6. The summed E-state index contributed by atoms with van der Waals surface area (Å²) in [6.45, 7) is 0. The molecule has 0 bridgehead atoms. The van der Waals surface area contributed by atoms with E-state index in [0.717, 1.165) is 0 Å². The van der Waals surface area contributed by atoms with E-state index in [1.165, 1.54) is 128 Å². The fourth-order valence-corrected chi connectivity index (χ4v) is 12.1. The quantitative estimate of drug-likeness (QED) is 0.157. The number of hydrogen-bond acceptors (Lipinski definition) is 2. The molecule has 2 aromatic heterocycles. The van der Waals surface area contributed by atoms with Gasteiger partial charge in [0.25, 0.3) is 0 Å². The zero-order valence-corrected chi connectivity index (χ0v) is 32.9. The normalized spacial score (nSPS) is 12.1. The fourth-order valence-electron chi connectivity index (χ4n) is 9.71. The molecule has 13 aromatic rings. The van der Waals surface area contributed by atoms with E-state index in [0.29, 0.717) is 0 Å². The predicted octanol–water partition coefficient (Wildman–Crippen LogP) is 17.2. The van der Waals surface area contributed by atoms with E-state index in [1.807, 2.05) is 22.7 Å². The van der Waals surface area contributed by atoms with E-state index in [-0.39, 0.29) is 0 Å². The summed E-state index contributed by atoms with van der Waals surface area (Å²) in [5.74, 6) is 0. The van der Waals surface area contributed by atoms with Crippen LogP contribution >= 0.6 is 22.7 Å². The van der Waals surface area contributed by atoms with Gasteiger partial charge in [-0.2, -0.15) is 0 Å². The van der Waals surface area contributed by atoms with Gasteiger partial charge in [-0.05, 0) is 124 Å². The second-order valence-electron chi connectivity index (χ2n) is 15.6. The SMILES string of the molecule is c1ccc2cc(-c3c4ccccc4c(-c4ccc5cc(-c6ccc7ccc8c(sc9ccc%10sc%11ccccc%11c%10c98)c7c6)ccc5c4)c4ccccc34)ccc2c1. The molecule has 2 heterocycles. The Morgan fingerprint density at radius 3 is 1.36 bits per heavy atom. The Labute approximate surface area is 342 Å². The lowest BCUT2D eigenvalue weighted by Gasteiger charge is -2.18. The maximum Gasteiger partial charge on any atom is 0.0434 e. The molecule has 0 radical (unpaired) electrons. The van der Waals surface area contributed by atoms with Crippen LogP contribution in [0.4, 0.5) is 0 Å².